The average Bonchev–Trinajstić information content (AvgIpc) is 3.80. The van der Waals surface area contributed by atoms with Crippen molar-refractivity contribution in [1.29, 1.82) is 0 Å². The Morgan fingerprint density at radius 3 is 2.40 bits per heavy atom. The van der Waals surface area contributed by atoms with Crippen LogP contribution in [0.15, 0.2) is 0 Å². The first-order valence-corrected chi connectivity index (χ1v) is 21.1. The van der Waals surface area contributed by atoms with E-state index in [1.54, 1.807) is 7.11 Å². The topological polar surface area (TPSA) is 156 Å². The third-order valence-corrected chi connectivity index (χ3v) is 16.7. The molecule has 0 spiro atoms. The molecule has 12 atom stereocenters. The van der Waals surface area contributed by atoms with Crippen LogP contribution >= 0.6 is 11.8 Å². The van der Waals surface area contributed by atoms with Crippen LogP contribution in [-0.2, 0) is 14.6 Å². The van der Waals surface area contributed by atoms with Gasteiger partial charge in [0.05, 0.1) is 28.5 Å². The molecule has 14 nitrogen and oxygen atoms in total. The van der Waals surface area contributed by atoms with Crippen LogP contribution in [0.3, 0.4) is 0 Å². The molecule has 0 aromatic heterocycles. The Bertz CT molecular complexity index is 1260. The number of thioether (sulfide) groups is 1. The number of methoxy groups -OCH3 is 1. The molecule has 0 aromatic carbocycles. The van der Waals surface area contributed by atoms with Crippen LogP contribution < -0.4 is 26.8 Å². The average molecular weight is 752 g/mol. The van der Waals surface area contributed by atoms with E-state index in [9.17, 15) is 18.5 Å². The van der Waals surface area contributed by atoms with Crippen LogP contribution in [0, 0.1) is 16.0 Å². The molecule has 3 aliphatic carbocycles. The van der Waals surface area contributed by atoms with Crippen molar-refractivity contribution >= 4 is 21.6 Å². The summed E-state index contributed by atoms with van der Waals surface area (Å²) in [5.41, 5.74) is 6.26. The van der Waals surface area contributed by atoms with Gasteiger partial charge in [-0.15, -0.1) is 11.8 Å². The molecule has 50 heavy (non-hydrogen) atoms. The van der Waals surface area contributed by atoms with Crippen LogP contribution in [-0.4, -0.2) is 158 Å². The third kappa shape index (κ3) is 8.30. The standard InChI is InChI=1S/C32H59F2N9O5S2/c1-20-18-26(39-38-20)35-29-28(48-4)30(42-16-14-41(15-17-42)13-12-40(2)3)37-31(36-29)49-25-9-8-21(19-23(25)33)50(46,47)32(10-11-32)22-6-5-7-24(27(22)34)43(44)45/h20-31,35-39H,5-19H2,1-4H3. The molecule has 3 saturated carbocycles. The Morgan fingerprint density at radius 2 is 1.80 bits per heavy atom. The fourth-order valence-corrected chi connectivity index (χ4v) is 13.3. The fourth-order valence-electron chi connectivity index (χ4n) is 9.08. The third-order valence-electron chi connectivity index (χ3n) is 12.1. The van der Waals surface area contributed by atoms with Crippen LogP contribution in [0.25, 0.3) is 0 Å². The highest BCUT2D eigenvalue weighted by molar-refractivity contribution is 8.00. The number of sulfone groups is 1. The largest absolute Gasteiger partial charge is 0.375 e. The van der Waals surface area contributed by atoms with Gasteiger partial charge in [-0.05, 0) is 72.4 Å². The number of hydrazine groups is 1. The highest BCUT2D eigenvalue weighted by Gasteiger charge is 2.66. The predicted molar refractivity (Wildman–Crippen MR) is 190 cm³/mol. The molecule has 3 saturated heterocycles. The predicted octanol–water partition coefficient (Wildman–Crippen LogP) is 0.835. The molecular formula is C32H59F2N9O5S2. The van der Waals surface area contributed by atoms with Crippen LogP contribution in [0.1, 0.15) is 64.7 Å². The number of ether oxygens (including phenoxy) is 1. The van der Waals surface area contributed by atoms with E-state index in [0.717, 1.165) is 45.7 Å². The number of piperazine rings is 1. The maximum atomic E-state index is 16.1. The molecule has 6 rings (SSSR count). The van der Waals surface area contributed by atoms with Crippen molar-refractivity contribution in [2.75, 3.05) is 60.5 Å². The van der Waals surface area contributed by atoms with Gasteiger partial charge in [0.1, 0.15) is 17.8 Å². The van der Waals surface area contributed by atoms with Gasteiger partial charge >= 0.3 is 0 Å². The summed E-state index contributed by atoms with van der Waals surface area (Å²) in [6.45, 7) is 7.77. The lowest BCUT2D eigenvalue weighted by Gasteiger charge is -2.50. The van der Waals surface area contributed by atoms with Crippen LogP contribution in [0.4, 0.5) is 8.78 Å². The summed E-state index contributed by atoms with van der Waals surface area (Å²) < 4.78 is 64.6. The molecule has 5 N–H and O–H groups in total. The van der Waals surface area contributed by atoms with Gasteiger partial charge in [-0.2, -0.15) is 0 Å². The van der Waals surface area contributed by atoms with Gasteiger partial charge in [0.25, 0.3) is 0 Å². The summed E-state index contributed by atoms with van der Waals surface area (Å²) in [5, 5.41) is 21.2. The maximum Gasteiger partial charge on any atom is 0.244 e. The quantitative estimate of drug-likeness (QED) is 0.133. The van der Waals surface area contributed by atoms with Gasteiger partial charge < -0.3 is 9.64 Å². The number of nitrogens with one attached hydrogen (secondary N) is 5. The lowest BCUT2D eigenvalue weighted by molar-refractivity contribution is -0.536. The van der Waals surface area contributed by atoms with Crippen molar-refractivity contribution in [1.82, 2.24) is 41.5 Å². The Kier molecular flexibility index (Phi) is 12.7. The van der Waals surface area contributed by atoms with E-state index >= 15 is 8.78 Å². The molecule has 3 heterocycles. The minimum absolute atomic E-state index is 0.0189. The van der Waals surface area contributed by atoms with Crippen molar-refractivity contribution < 1.29 is 26.9 Å². The van der Waals surface area contributed by atoms with E-state index in [4.69, 9.17) is 4.74 Å². The number of nitrogens with zero attached hydrogens (tertiary/aromatic N) is 4. The Morgan fingerprint density at radius 1 is 1.06 bits per heavy atom. The molecule has 3 aliphatic heterocycles. The molecule has 0 bridgehead atoms. The Labute approximate surface area is 300 Å². The summed E-state index contributed by atoms with van der Waals surface area (Å²) in [4.78, 5) is 18.0. The van der Waals surface area contributed by atoms with Gasteiger partial charge in [0, 0.05) is 74.9 Å². The van der Waals surface area contributed by atoms with Crippen molar-refractivity contribution in [2.24, 2.45) is 5.92 Å². The summed E-state index contributed by atoms with van der Waals surface area (Å²) in [6, 6.07) is -1.06. The molecule has 6 fully saturated rings. The number of nitro groups is 1. The highest BCUT2D eigenvalue weighted by Crippen LogP contribution is 2.57. The van der Waals surface area contributed by atoms with Crippen LogP contribution in [0.5, 0.6) is 0 Å². The first kappa shape index (κ1) is 38.9. The number of rotatable bonds is 13. The lowest BCUT2D eigenvalue weighted by atomic mass is 9.81. The number of alkyl halides is 2. The van der Waals surface area contributed by atoms with Gasteiger partial charge in [0.15, 0.2) is 16.0 Å². The summed E-state index contributed by atoms with van der Waals surface area (Å²) in [6.07, 6.45) is -0.821. The fraction of sp³-hybridized carbons (Fsp3) is 1.00. The molecule has 0 aromatic rings. The minimum Gasteiger partial charge on any atom is -0.375 e. The second-order valence-electron chi connectivity index (χ2n) is 15.7. The van der Waals surface area contributed by atoms with Gasteiger partial charge in [-0.25, -0.2) is 22.6 Å². The molecule has 6 aliphatic rings. The molecule has 288 valence electrons. The summed E-state index contributed by atoms with van der Waals surface area (Å²) in [5.74, 6) is -0.894. The number of hydrogen-bond acceptors (Lipinski definition) is 14. The first-order valence-electron chi connectivity index (χ1n) is 18.6. The second kappa shape index (κ2) is 16.3. The maximum absolute atomic E-state index is 16.1. The van der Waals surface area contributed by atoms with Crippen molar-refractivity contribution in [2.45, 2.75) is 134 Å². The van der Waals surface area contributed by atoms with E-state index in [0.29, 0.717) is 44.6 Å². The summed E-state index contributed by atoms with van der Waals surface area (Å²) in [7, 11) is 2.01. The van der Waals surface area contributed by atoms with Gasteiger partial charge in [0.2, 0.25) is 6.04 Å². The van der Waals surface area contributed by atoms with Crippen molar-refractivity contribution in [3.8, 4) is 0 Å². The minimum atomic E-state index is -3.89. The monoisotopic (exact) mass is 751 g/mol. The van der Waals surface area contributed by atoms with Crippen molar-refractivity contribution in [3.05, 3.63) is 10.1 Å². The van der Waals surface area contributed by atoms with E-state index in [1.807, 2.05) is 0 Å². The lowest BCUT2D eigenvalue weighted by Crippen LogP contribution is -2.75. The second-order valence-corrected chi connectivity index (χ2v) is 19.7. The van der Waals surface area contributed by atoms with E-state index in [-0.39, 0.29) is 42.9 Å². The van der Waals surface area contributed by atoms with E-state index < -0.39 is 54.3 Å². The zero-order chi connectivity index (χ0) is 35.8. The van der Waals surface area contributed by atoms with Gasteiger partial charge in [-0.3, -0.25) is 41.3 Å². The smallest absolute Gasteiger partial charge is 0.244 e. The Balaban J connectivity index is 1.11. The Hall–Kier alpha value is -0.800. The first-order chi connectivity index (χ1) is 23.8. The van der Waals surface area contributed by atoms with Crippen molar-refractivity contribution in [3.63, 3.8) is 0 Å². The SMILES string of the molecule is COC1C(NC2CC(C)NN2)NC(SC2CCC(S(=O)(=O)C3(C4CCCC([N+](=O)[O-])C4F)CC3)CC2F)NC1N1CCN(CCN(C)C)CC1. The zero-order valence-electron chi connectivity index (χ0n) is 29.9. The zero-order valence-corrected chi connectivity index (χ0v) is 31.6. The molecule has 12 unspecified atom stereocenters. The van der Waals surface area contributed by atoms with Gasteiger partial charge in [-0.1, -0.05) is 0 Å². The number of halogens is 2. The summed E-state index contributed by atoms with van der Waals surface area (Å²) >= 11 is 1.47. The molecule has 18 heteroatoms. The number of likely N-dealkylation sites (N-methyl/N-ethyl adjacent to an activating group) is 1. The highest BCUT2D eigenvalue weighted by atomic mass is 32.2. The molecular weight excluding hydrogens is 693 g/mol. The van der Waals surface area contributed by atoms with E-state index in [2.05, 4.69) is 62.5 Å². The normalized spacial score (nSPS) is 41.7. The van der Waals surface area contributed by atoms with Crippen LogP contribution in [0.2, 0.25) is 0 Å². The number of hydrogen-bond donors (Lipinski definition) is 5. The molecule has 0 radical (unpaired) electrons. The molecule has 0 amide bonds. The van der Waals surface area contributed by atoms with E-state index in [1.165, 1.54) is 11.8 Å².